The average molecular weight is 446 g/mol. The van der Waals surface area contributed by atoms with E-state index in [0.717, 1.165) is 21.9 Å². The third-order valence-electron chi connectivity index (χ3n) is 5.57. The summed E-state index contributed by atoms with van der Waals surface area (Å²) in [5, 5.41) is 11.6. The summed E-state index contributed by atoms with van der Waals surface area (Å²) in [6.45, 7) is 3.61. The first-order valence-corrected chi connectivity index (χ1v) is 11.7. The summed E-state index contributed by atoms with van der Waals surface area (Å²) in [5.74, 6) is -1.15. The summed E-state index contributed by atoms with van der Waals surface area (Å²) in [5.41, 5.74) is 3.08. The number of hydrogen-bond acceptors (Lipinski definition) is 3. The van der Waals surface area contributed by atoms with E-state index in [2.05, 4.69) is 18.2 Å². The van der Waals surface area contributed by atoms with Crippen molar-refractivity contribution < 1.29 is 18.3 Å². The van der Waals surface area contributed by atoms with Gasteiger partial charge >= 0.3 is 5.97 Å². The summed E-state index contributed by atoms with van der Waals surface area (Å²) >= 11 is 0. The van der Waals surface area contributed by atoms with E-state index in [1.165, 1.54) is 22.5 Å². The fourth-order valence-electron chi connectivity index (χ4n) is 3.89. The number of aromatic carboxylic acids is 1. The van der Waals surface area contributed by atoms with Gasteiger partial charge in [0.25, 0.3) is 10.0 Å². The Labute approximate surface area is 187 Å². The van der Waals surface area contributed by atoms with Crippen molar-refractivity contribution in [3.8, 4) is 11.1 Å². The highest BCUT2D eigenvalue weighted by Crippen LogP contribution is 2.31. The molecule has 0 unspecified atom stereocenters. The number of carboxylic acids is 1. The Hall–Kier alpha value is -3.64. The first-order valence-electron chi connectivity index (χ1n) is 10.3. The van der Waals surface area contributed by atoms with E-state index in [1.54, 1.807) is 26.0 Å². The van der Waals surface area contributed by atoms with Crippen molar-refractivity contribution in [2.45, 2.75) is 18.7 Å². The Kier molecular flexibility index (Phi) is 5.72. The quantitative estimate of drug-likeness (QED) is 0.411. The molecule has 0 saturated carbocycles. The lowest BCUT2D eigenvalue weighted by Gasteiger charge is -2.23. The van der Waals surface area contributed by atoms with E-state index < -0.39 is 16.0 Å². The van der Waals surface area contributed by atoms with E-state index in [1.807, 2.05) is 36.4 Å². The highest BCUT2D eigenvalue weighted by atomic mass is 32.2. The molecule has 0 amide bonds. The van der Waals surface area contributed by atoms with Crippen molar-refractivity contribution in [2.75, 3.05) is 10.8 Å². The minimum absolute atomic E-state index is 0.0200. The van der Waals surface area contributed by atoms with Gasteiger partial charge in [-0.15, -0.1) is 0 Å². The van der Waals surface area contributed by atoms with Gasteiger partial charge in [-0.05, 0) is 65.6 Å². The number of aryl methyl sites for hydroxylation is 1. The first-order chi connectivity index (χ1) is 15.3. The van der Waals surface area contributed by atoms with Crippen molar-refractivity contribution in [3.63, 3.8) is 0 Å². The maximum absolute atomic E-state index is 13.3. The molecule has 0 saturated heterocycles. The summed E-state index contributed by atoms with van der Waals surface area (Å²) in [7, 11) is -3.92. The molecule has 32 heavy (non-hydrogen) atoms. The third kappa shape index (κ3) is 3.85. The van der Waals surface area contributed by atoms with E-state index in [9.17, 15) is 18.3 Å². The summed E-state index contributed by atoms with van der Waals surface area (Å²) in [6.07, 6.45) is 0. The molecule has 0 aliphatic heterocycles. The zero-order chi connectivity index (χ0) is 22.9. The Morgan fingerprint density at radius 1 is 0.906 bits per heavy atom. The molecule has 0 fully saturated rings. The Morgan fingerprint density at radius 3 is 2.28 bits per heavy atom. The van der Waals surface area contributed by atoms with Crippen LogP contribution in [0.3, 0.4) is 0 Å². The monoisotopic (exact) mass is 445 g/mol. The fraction of sp³-hybridized carbons (Fsp3) is 0.115. The highest BCUT2D eigenvalue weighted by molar-refractivity contribution is 7.92. The molecule has 6 heteroatoms. The van der Waals surface area contributed by atoms with Gasteiger partial charge in [0.05, 0.1) is 16.1 Å². The number of anilines is 1. The molecule has 0 atom stereocenters. The topological polar surface area (TPSA) is 74.7 Å². The molecule has 4 rings (SSSR count). The number of fused-ring (bicyclic) bond motifs is 1. The van der Waals surface area contributed by atoms with Crippen LogP contribution in [0, 0.1) is 6.92 Å². The Bertz CT molecular complexity index is 1400. The van der Waals surface area contributed by atoms with Crippen LogP contribution in [0.25, 0.3) is 21.9 Å². The minimum Gasteiger partial charge on any atom is -0.478 e. The van der Waals surface area contributed by atoms with Gasteiger partial charge in [0.15, 0.2) is 0 Å². The number of carbonyl (C=O) groups is 1. The van der Waals surface area contributed by atoms with Gasteiger partial charge in [0.2, 0.25) is 0 Å². The number of nitrogens with zero attached hydrogens (tertiary/aromatic N) is 1. The number of rotatable bonds is 6. The standard InChI is InChI=1S/C26H23NO4S/c1-3-27(32(30,31)22-16-11-18(2)25(17-22)26(28)29)21-14-12-20(13-15-21)24-10-6-8-19-7-4-5-9-23(19)24/h4-17H,3H2,1-2H3,(H,28,29). The van der Waals surface area contributed by atoms with Crippen molar-refractivity contribution in [2.24, 2.45) is 0 Å². The highest BCUT2D eigenvalue weighted by Gasteiger charge is 2.25. The summed E-state index contributed by atoms with van der Waals surface area (Å²) < 4.78 is 27.9. The van der Waals surface area contributed by atoms with Crippen LogP contribution in [0.15, 0.2) is 89.8 Å². The molecule has 0 aliphatic carbocycles. The third-order valence-corrected chi connectivity index (χ3v) is 7.47. The molecule has 0 aliphatic rings. The van der Waals surface area contributed by atoms with Crippen molar-refractivity contribution >= 4 is 32.5 Å². The van der Waals surface area contributed by atoms with Gasteiger partial charge in [0, 0.05) is 6.54 Å². The SMILES string of the molecule is CCN(c1ccc(-c2cccc3ccccc23)cc1)S(=O)(=O)c1ccc(C)c(C(=O)O)c1. The fourth-order valence-corrected chi connectivity index (χ4v) is 5.40. The number of sulfonamides is 1. The van der Waals surface area contributed by atoms with Crippen molar-refractivity contribution in [3.05, 3.63) is 96.1 Å². The van der Waals surface area contributed by atoms with Crippen LogP contribution in [-0.2, 0) is 10.0 Å². The van der Waals surface area contributed by atoms with E-state index in [-0.39, 0.29) is 17.0 Å². The molecule has 4 aromatic carbocycles. The maximum Gasteiger partial charge on any atom is 0.335 e. The molecule has 1 N–H and O–H groups in total. The van der Waals surface area contributed by atoms with Gasteiger partial charge in [-0.2, -0.15) is 0 Å². The van der Waals surface area contributed by atoms with E-state index in [4.69, 9.17) is 0 Å². The second-order valence-electron chi connectivity index (χ2n) is 7.53. The second-order valence-corrected chi connectivity index (χ2v) is 9.39. The van der Waals surface area contributed by atoms with Gasteiger partial charge in [0.1, 0.15) is 0 Å². The molecule has 0 heterocycles. The van der Waals surface area contributed by atoms with Gasteiger partial charge in [-0.25, -0.2) is 13.2 Å². The van der Waals surface area contributed by atoms with E-state index >= 15 is 0 Å². The molecular formula is C26H23NO4S. The first kappa shape index (κ1) is 21.6. The summed E-state index contributed by atoms with van der Waals surface area (Å²) in [4.78, 5) is 11.4. The predicted octanol–water partition coefficient (Wildman–Crippen LogP) is 5.73. The van der Waals surface area contributed by atoms with E-state index in [0.29, 0.717) is 11.3 Å². The maximum atomic E-state index is 13.3. The second kappa shape index (κ2) is 8.48. The van der Waals surface area contributed by atoms with Crippen molar-refractivity contribution in [1.29, 1.82) is 0 Å². The Morgan fingerprint density at radius 2 is 1.59 bits per heavy atom. The normalized spacial score (nSPS) is 11.4. The van der Waals surface area contributed by atoms with Gasteiger partial charge < -0.3 is 5.11 Å². The lowest BCUT2D eigenvalue weighted by molar-refractivity contribution is 0.0696. The van der Waals surface area contributed by atoms with Crippen LogP contribution in [0.4, 0.5) is 5.69 Å². The molecule has 0 bridgehead atoms. The number of carboxylic acid groups (broad SMARTS) is 1. The lowest BCUT2D eigenvalue weighted by Crippen LogP contribution is -2.31. The zero-order valence-corrected chi connectivity index (χ0v) is 18.6. The van der Waals surface area contributed by atoms with Crippen LogP contribution >= 0.6 is 0 Å². The largest absolute Gasteiger partial charge is 0.478 e. The zero-order valence-electron chi connectivity index (χ0n) is 17.8. The van der Waals surface area contributed by atoms with Crippen LogP contribution in [0.1, 0.15) is 22.8 Å². The predicted molar refractivity (Wildman–Crippen MR) is 128 cm³/mol. The molecule has 162 valence electrons. The van der Waals surface area contributed by atoms with Crippen LogP contribution < -0.4 is 4.31 Å². The minimum atomic E-state index is -3.92. The smallest absolute Gasteiger partial charge is 0.335 e. The molecule has 0 radical (unpaired) electrons. The average Bonchev–Trinajstić information content (AvgIpc) is 2.79. The van der Waals surface area contributed by atoms with Crippen LogP contribution in [0.2, 0.25) is 0 Å². The molecular weight excluding hydrogens is 422 g/mol. The lowest BCUT2D eigenvalue weighted by atomic mass is 9.98. The van der Waals surface area contributed by atoms with Gasteiger partial charge in [-0.3, -0.25) is 4.31 Å². The van der Waals surface area contributed by atoms with Gasteiger partial charge in [-0.1, -0.05) is 60.7 Å². The van der Waals surface area contributed by atoms with Crippen LogP contribution in [-0.4, -0.2) is 26.0 Å². The molecule has 0 spiro atoms. The number of hydrogen-bond donors (Lipinski definition) is 1. The molecule has 4 aromatic rings. The Balaban J connectivity index is 1.72. The van der Waals surface area contributed by atoms with Crippen LogP contribution in [0.5, 0.6) is 0 Å². The van der Waals surface area contributed by atoms with Crippen molar-refractivity contribution in [1.82, 2.24) is 0 Å². The molecule has 5 nitrogen and oxygen atoms in total. The summed E-state index contributed by atoms with van der Waals surface area (Å²) in [6, 6.07) is 25.8. The molecule has 0 aromatic heterocycles. The number of benzene rings is 4.